The molecule has 0 radical (unpaired) electrons. The van der Waals surface area contributed by atoms with E-state index in [1.165, 1.54) is 23.1 Å². The number of hydrogen-bond donors (Lipinski definition) is 1. The summed E-state index contributed by atoms with van der Waals surface area (Å²) in [5.41, 5.74) is 4.25. The minimum Gasteiger partial charge on any atom is -0.310 e. The van der Waals surface area contributed by atoms with Crippen molar-refractivity contribution in [2.45, 2.75) is 33.2 Å². The first-order chi connectivity index (χ1) is 6.66. The van der Waals surface area contributed by atoms with Crippen LogP contribution in [0.25, 0.3) is 0 Å². The minimum absolute atomic E-state index is 0.587. The summed E-state index contributed by atoms with van der Waals surface area (Å²) in [6.07, 6.45) is 1.28. The van der Waals surface area contributed by atoms with E-state index in [0.29, 0.717) is 6.04 Å². The van der Waals surface area contributed by atoms with Crippen LogP contribution in [0.3, 0.4) is 0 Å². The highest BCUT2D eigenvalue weighted by Crippen LogP contribution is 2.27. The Balaban J connectivity index is 2.20. The Morgan fingerprint density at radius 1 is 1.21 bits per heavy atom. The van der Waals surface area contributed by atoms with Crippen molar-refractivity contribution in [3.63, 3.8) is 0 Å². The molecule has 1 heterocycles. The molecular formula is C13H19N. The van der Waals surface area contributed by atoms with Gasteiger partial charge in [0, 0.05) is 6.04 Å². The zero-order valence-electron chi connectivity index (χ0n) is 9.30. The quantitative estimate of drug-likeness (QED) is 0.716. The zero-order chi connectivity index (χ0) is 10.1. The van der Waals surface area contributed by atoms with Crippen molar-refractivity contribution in [1.29, 1.82) is 0 Å². The lowest BCUT2D eigenvalue weighted by atomic mass is 9.98. The third-order valence-corrected chi connectivity index (χ3v) is 3.28. The van der Waals surface area contributed by atoms with Crippen molar-refractivity contribution in [2.24, 2.45) is 5.92 Å². The Labute approximate surface area is 86.5 Å². The second-order valence-electron chi connectivity index (χ2n) is 4.65. The summed E-state index contributed by atoms with van der Waals surface area (Å²) in [5, 5.41) is 3.57. The van der Waals surface area contributed by atoms with Gasteiger partial charge in [-0.3, -0.25) is 0 Å². The molecule has 1 aromatic carbocycles. The molecule has 1 N–H and O–H groups in total. The van der Waals surface area contributed by atoms with Crippen molar-refractivity contribution in [3.05, 3.63) is 34.9 Å². The van der Waals surface area contributed by atoms with Crippen LogP contribution in [0.4, 0.5) is 0 Å². The monoisotopic (exact) mass is 189 g/mol. The molecule has 0 bridgehead atoms. The summed E-state index contributed by atoms with van der Waals surface area (Å²) in [6, 6.07) is 7.41. The average molecular weight is 189 g/mol. The van der Waals surface area contributed by atoms with Gasteiger partial charge in [0.15, 0.2) is 0 Å². The topological polar surface area (TPSA) is 12.0 Å². The first kappa shape index (κ1) is 9.72. The van der Waals surface area contributed by atoms with E-state index in [1.807, 2.05) is 0 Å². The SMILES string of the molecule is Cc1ccc(C2CC(C)CN2)cc1C. The molecule has 2 unspecified atom stereocenters. The van der Waals surface area contributed by atoms with Gasteiger partial charge in [0.25, 0.3) is 0 Å². The fraction of sp³-hybridized carbons (Fsp3) is 0.538. The molecule has 0 spiro atoms. The van der Waals surface area contributed by atoms with Crippen LogP contribution in [-0.2, 0) is 0 Å². The smallest absolute Gasteiger partial charge is 0.0323 e. The highest BCUT2D eigenvalue weighted by Gasteiger charge is 2.21. The molecule has 1 fully saturated rings. The molecule has 0 saturated carbocycles. The lowest BCUT2D eigenvalue weighted by molar-refractivity contribution is 0.611. The Morgan fingerprint density at radius 3 is 2.57 bits per heavy atom. The second kappa shape index (κ2) is 3.74. The molecule has 76 valence electrons. The molecule has 1 aromatic rings. The van der Waals surface area contributed by atoms with Crippen LogP contribution >= 0.6 is 0 Å². The van der Waals surface area contributed by atoms with Crippen molar-refractivity contribution >= 4 is 0 Å². The van der Waals surface area contributed by atoms with Crippen molar-refractivity contribution in [3.8, 4) is 0 Å². The summed E-state index contributed by atoms with van der Waals surface area (Å²) in [5.74, 6) is 0.821. The zero-order valence-corrected chi connectivity index (χ0v) is 9.30. The normalized spacial score (nSPS) is 26.8. The van der Waals surface area contributed by atoms with E-state index in [1.54, 1.807) is 0 Å². The van der Waals surface area contributed by atoms with Gasteiger partial charge in [-0.2, -0.15) is 0 Å². The van der Waals surface area contributed by atoms with Crippen molar-refractivity contribution in [1.82, 2.24) is 5.32 Å². The first-order valence-electron chi connectivity index (χ1n) is 5.47. The highest BCUT2D eigenvalue weighted by atomic mass is 14.9. The van der Waals surface area contributed by atoms with E-state index in [4.69, 9.17) is 0 Å². The van der Waals surface area contributed by atoms with E-state index >= 15 is 0 Å². The fourth-order valence-corrected chi connectivity index (χ4v) is 2.15. The van der Waals surface area contributed by atoms with Gasteiger partial charge in [-0.05, 0) is 49.4 Å². The van der Waals surface area contributed by atoms with Crippen LogP contribution in [0.5, 0.6) is 0 Å². The van der Waals surface area contributed by atoms with Crippen LogP contribution < -0.4 is 5.32 Å². The fourth-order valence-electron chi connectivity index (χ4n) is 2.15. The predicted molar refractivity (Wildman–Crippen MR) is 60.4 cm³/mol. The Hall–Kier alpha value is -0.820. The standard InChI is InChI=1S/C13H19N/c1-9-6-13(14-8-9)12-5-4-10(2)11(3)7-12/h4-5,7,9,13-14H,6,8H2,1-3H3. The van der Waals surface area contributed by atoms with E-state index in [2.05, 4.69) is 44.3 Å². The summed E-state index contributed by atoms with van der Waals surface area (Å²) < 4.78 is 0. The first-order valence-corrected chi connectivity index (χ1v) is 5.47. The van der Waals surface area contributed by atoms with Crippen LogP contribution in [0, 0.1) is 19.8 Å². The van der Waals surface area contributed by atoms with Gasteiger partial charge < -0.3 is 5.32 Å². The summed E-state index contributed by atoms with van der Waals surface area (Å²) in [4.78, 5) is 0. The molecule has 14 heavy (non-hydrogen) atoms. The van der Waals surface area contributed by atoms with E-state index in [-0.39, 0.29) is 0 Å². The molecule has 2 rings (SSSR count). The van der Waals surface area contributed by atoms with Gasteiger partial charge in [-0.1, -0.05) is 25.1 Å². The lowest BCUT2D eigenvalue weighted by Gasteiger charge is -2.12. The number of rotatable bonds is 1. The second-order valence-corrected chi connectivity index (χ2v) is 4.65. The molecule has 0 aromatic heterocycles. The van der Waals surface area contributed by atoms with Gasteiger partial charge >= 0.3 is 0 Å². The average Bonchev–Trinajstić information content (AvgIpc) is 2.57. The molecule has 1 saturated heterocycles. The van der Waals surface area contributed by atoms with Crippen LogP contribution in [0.2, 0.25) is 0 Å². The van der Waals surface area contributed by atoms with Crippen molar-refractivity contribution in [2.75, 3.05) is 6.54 Å². The largest absolute Gasteiger partial charge is 0.310 e. The van der Waals surface area contributed by atoms with Crippen molar-refractivity contribution < 1.29 is 0 Å². The van der Waals surface area contributed by atoms with E-state index < -0.39 is 0 Å². The molecule has 1 heteroatoms. The van der Waals surface area contributed by atoms with Crippen LogP contribution in [0.15, 0.2) is 18.2 Å². The van der Waals surface area contributed by atoms with E-state index in [0.717, 1.165) is 12.5 Å². The van der Waals surface area contributed by atoms with Crippen LogP contribution in [-0.4, -0.2) is 6.54 Å². The lowest BCUT2D eigenvalue weighted by Crippen LogP contribution is -2.13. The maximum Gasteiger partial charge on any atom is 0.0323 e. The van der Waals surface area contributed by atoms with Gasteiger partial charge in [-0.25, -0.2) is 0 Å². The Bertz CT molecular complexity index is 330. The van der Waals surface area contributed by atoms with Gasteiger partial charge in [0.2, 0.25) is 0 Å². The molecule has 0 amide bonds. The molecule has 1 aliphatic heterocycles. The third-order valence-electron chi connectivity index (χ3n) is 3.28. The maximum atomic E-state index is 3.57. The molecule has 2 atom stereocenters. The molecule has 1 nitrogen and oxygen atoms in total. The molecular weight excluding hydrogens is 170 g/mol. The summed E-state index contributed by atoms with van der Waals surface area (Å²) >= 11 is 0. The number of hydrogen-bond acceptors (Lipinski definition) is 1. The summed E-state index contributed by atoms with van der Waals surface area (Å²) in [6.45, 7) is 7.84. The number of aryl methyl sites for hydroxylation is 2. The molecule has 0 aliphatic carbocycles. The predicted octanol–water partition coefficient (Wildman–Crippen LogP) is 2.97. The Morgan fingerprint density at radius 2 is 2.00 bits per heavy atom. The van der Waals surface area contributed by atoms with Gasteiger partial charge in [-0.15, -0.1) is 0 Å². The highest BCUT2D eigenvalue weighted by molar-refractivity contribution is 5.32. The summed E-state index contributed by atoms with van der Waals surface area (Å²) in [7, 11) is 0. The maximum absolute atomic E-state index is 3.57. The van der Waals surface area contributed by atoms with Gasteiger partial charge in [0.1, 0.15) is 0 Å². The molecule has 1 aliphatic rings. The van der Waals surface area contributed by atoms with Gasteiger partial charge in [0.05, 0.1) is 0 Å². The minimum atomic E-state index is 0.587. The number of nitrogens with one attached hydrogen (secondary N) is 1. The number of benzene rings is 1. The Kier molecular flexibility index (Phi) is 2.60. The van der Waals surface area contributed by atoms with E-state index in [9.17, 15) is 0 Å². The third kappa shape index (κ3) is 1.83. The van der Waals surface area contributed by atoms with Crippen LogP contribution in [0.1, 0.15) is 36.1 Å².